The van der Waals surface area contributed by atoms with E-state index in [4.69, 9.17) is 15.9 Å². The first kappa shape index (κ1) is 19.8. The Labute approximate surface area is 151 Å². The lowest BCUT2D eigenvalue weighted by atomic mass is 9.89. The van der Waals surface area contributed by atoms with Crippen LogP contribution in [-0.2, 0) is 11.2 Å². The predicted octanol–water partition coefficient (Wildman–Crippen LogP) is 2.11. The second-order valence-electron chi connectivity index (χ2n) is 6.69. The van der Waals surface area contributed by atoms with Crippen LogP contribution in [-0.4, -0.2) is 33.0 Å². The van der Waals surface area contributed by atoms with E-state index in [2.05, 4.69) is 10.2 Å². The minimum atomic E-state index is -2.14. The number of benzene rings is 1. The number of nitrogens with two attached hydrogens (primary N) is 2. The Bertz CT molecular complexity index is 705. The molecule has 1 aromatic carbocycles. The number of primary amides is 1. The number of anilines is 1. The van der Waals surface area contributed by atoms with Crippen molar-refractivity contribution in [3.8, 4) is 0 Å². The Kier molecular flexibility index (Phi) is 6.68. The third-order valence-corrected chi connectivity index (χ3v) is 4.45. The normalized spacial score (nSPS) is 16.0. The Balaban J connectivity index is 1.98. The average molecular weight is 364 g/mol. The van der Waals surface area contributed by atoms with E-state index < -0.39 is 23.6 Å². The van der Waals surface area contributed by atoms with Gasteiger partial charge in [0.1, 0.15) is 0 Å². The average Bonchev–Trinajstić information content (AvgIpc) is 3.04. The molecule has 2 rings (SSSR count). The minimum Gasteiger partial charge on any atom is -0.408 e. The predicted molar refractivity (Wildman–Crippen MR) is 94.8 cm³/mol. The van der Waals surface area contributed by atoms with Gasteiger partial charge in [-0.2, -0.15) is 0 Å². The van der Waals surface area contributed by atoms with Crippen LogP contribution >= 0.6 is 0 Å². The van der Waals surface area contributed by atoms with Crippen LogP contribution in [0, 0.1) is 0 Å². The van der Waals surface area contributed by atoms with Crippen molar-refractivity contribution in [1.82, 2.24) is 10.2 Å². The summed E-state index contributed by atoms with van der Waals surface area (Å²) in [5.74, 6) is -1.22. The van der Waals surface area contributed by atoms with Gasteiger partial charge < -0.3 is 21.0 Å². The van der Waals surface area contributed by atoms with Gasteiger partial charge in [0.15, 0.2) is 5.67 Å². The molecule has 0 aliphatic heterocycles. The third kappa shape index (κ3) is 5.80. The maximum atomic E-state index is 14.2. The fourth-order valence-electron chi connectivity index (χ4n) is 2.75. The van der Waals surface area contributed by atoms with Crippen molar-refractivity contribution in [2.45, 2.75) is 56.7 Å². The summed E-state index contributed by atoms with van der Waals surface area (Å²) in [6, 6.07) is 9.70. The van der Waals surface area contributed by atoms with Crippen LogP contribution in [0.15, 0.2) is 34.7 Å². The van der Waals surface area contributed by atoms with Crippen molar-refractivity contribution in [3.05, 3.63) is 41.8 Å². The molecule has 5 N–H and O–H groups in total. The van der Waals surface area contributed by atoms with Crippen LogP contribution in [0.4, 0.5) is 10.4 Å². The summed E-state index contributed by atoms with van der Waals surface area (Å²) in [6.07, 6.45) is 1.01. The Hall–Kier alpha value is -2.48. The summed E-state index contributed by atoms with van der Waals surface area (Å²) in [4.78, 5) is 11.2. The molecule has 1 aromatic heterocycles. The number of alkyl halides is 1. The van der Waals surface area contributed by atoms with Gasteiger partial charge in [0.25, 0.3) is 5.91 Å². The lowest BCUT2D eigenvalue weighted by Gasteiger charge is -2.21. The second-order valence-corrected chi connectivity index (χ2v) is 6.69. The highest BCUT2D eigenvalue weighted by molar-refractivity contribution is 5.82. The summed E-state index contributed by atoms with van der Waals surface area (Å²) in [6.45, 7) is 1.14. The lowest BCUT2D eigenvalue weighted by molar-refractivity contribution is -0.128. The van der Waals surface area contributed by atoms with E-state index in [9.17, 15) is 14.3 Å². The number of aromatic nitrogens is 2. The number of rotatable bonds is 10. The fraction of sp³-hybridized carbons (Fsp3) is 0.500. The number of amides is 1. The van der Waals surface area contributed by atoms with Gasteiger partial charge in [-0.3, -0.25) is 4.79 Å². The number of nitrogens with zero attached hydrogens (tertiary/aromatic N) is 2. The van der Waals surface area contributed by atoms with Gasteiger partial charge in [-0.05, 0) is 44.6 Å². The lowest BCUT2D eigenvalue weighted by Crippen LogP contribution is -2.37. The Morgan fingerprint density at radius 1 is 1.31 bits per heavy atom. The van der Waals surface area contributed by atoms with E-state index in [1.54, 1.807) is 0 Å². The van der Waals surface area contributed by atoms with Gasteiger partial charge >= 0.3 is 6.01 Å². The van der Waals surface area contributed by atoms with Gasteiger partial charge in [-0.15, -0.1) is 5.10 Å². The minimum absolute atomic E-state index is 0.0957. The molecule has 0 saturated heterocycles. The first-order chi connectivity index (χ1) is 12.3. The molecule has 0 saturated carbocycles. The van der Waals surface area contributed by atoms with Crippen molar-refractivity contribution in [2.75, 3.05) is 5.73 Å². The van der Waals surface area contributed by atoms with Gasteiger partial charge in [-0.25, -0.2) is 4.39 Å². The van der Waals surface area contributed by atoms with E-state index in [0.717, 1.165) is 12.5 Å². The number of halogens is 1. The highest BCUT2D eigenvalue weighted by atomic mass is 19.1. The SMILES string of the molecule is CC(F)(CCC(CC(O)CCc1ccccc1)c1nnc(N)o1)C(N)=O. The van der Waals surface area contributed by atoms with E-state index in [-0.39, 0.29) is 24.7 Å². The molecular formula is C18H25FN4O3. The zero-order chi connectivity index (χ0) is 19.2. The maximum Gasteiger partial charge on any atom is 0.312 e. The van der Waals surface area contributed by atoms with Gasteiger partial charge in [0, 0.05) is 5.92 Å². The standard InChI is InChI=1S/C18H25FN4O3/c1-18(19,16(20)25)10-9-13(15-22-23-17(21)26-15)11-14(24)8-7-12-5-3-2-4-6-12/h2-6,13-14,24H,7-11H2,1H3,(H2,20,25)(H2,21,23). The van der Waals surface area contributed by atoms with Gasteiger partial charge in [0.2, 0.25) is 5.89 Å². The quantitative estimate of drug-likeness (QED) is 0.592. The molecule has 2 aromatic rings. The van der Waals surface area contributed by atoms with Crippen LogP contribution in [0.25, 0.3) is 0 Å². The molecular weight excluding hydrogens is 339 g/mol. The highest BCUT2D eigenvalue weighted by Gasteiger charge is 2.33. The van der Waals surface area contributed by atoms with Crippen LogP contribution in [0.5, 0.6) is 0 Å². The van der Waals surface area contributed by atoms with E-state index in [0.29, 0.717) is 19.3 Å². The number of nitrogen functional groups attached to an aromatic ring is 1. The summed E-state index contributed by atoms with van der Waals surface area (Å²) in [5, 5.41) is 17.8. The number of carbonyl (C=O) groups excluding carboxylic acids is 1. The largest absolute Gasteiger partial charge is 0.408 e. The van der Waals surface area contributed by atoms with Crippen LogP contribution in [0.2, 0.25) is 0 Å². The molecule has 3 unspecified atom stereocenters. The number of aliphatic hydroxyl groups excluding tert-OH is 1. The van der Waals surface area contributed by atoms with Crippen molar-refractivity contribution in [1.29, 1.82) is 0 Å². The number of carbonyl (C=O) groups is 1. The molecule has 0 fully saturated rings. The first-order valence-electron chi connectivity index (χ1n) is 8.57. The molecule has 0 radical (unpaired) electrons. The zero-order valence-electron chi connectivity index (χ0n) is 14.8. The number of aryl methyl sites for hydroxylation is 1. The Morgan fingerprint density at radius 3 is 2.58 bits per heavy atom. The second kappa shape index (κ2) is 8.75. The topological polar surface area (TPSA) is 128 Å². The van der Waals surface area contributed by atoms with E-state index in [1.165, 1.54) is 0 Å². The van der Waals surface area contributed by atoms with Crippen molar-refractivity contribution in [2.24, 2.45) is 5.73 Å². The monoisotopic (exact) mass is 364 g/mol. The van der Waals surface area contributed by atoms with Crippen molar-refractivity contribution >= 4 is 11.9 Å². The highest BCUT2D eigenvalue weighted by Crippen LogP contribution is 2.31. The molecule has 7 nitrogen and oxygen atoms in total. The summed E-state index contributed by atoms with van der Waals surface area (Å²) in [5.41, 5.74) is 9.52. The zero-order valence-corrected chi connectivity index (χ0v) is 14.8. The fourth-order valence-corrected chi connectivity index (χ4v) is 2.75. The van der Waals surface area contributed by atoms with Crippen LogP contribution in [0.3, 0.4) is 0 Å². The number of hydrogen-bond acceptors (Lipinski definition) is 6. The van der Waals surface area contributed by atoms with Crippen molar-refractivity contribution in [3.63, 3.8) is 0 Å². The van der Waals surface area contributed by atoms with Gasteiger partial charge in [-0.1, -0.05) is 35.4 Å². The summed E-state index contributed by atoms with van der Waals surface area (Å²) >= 11 is 0. The van der Waals surface area contributed by atoms with Crippen LogP contribution < -0.4 is 11.5 Å². The molecule has 0 aliphatic rings. The number of hydrogen-bond donors (Lipinski definition) is 3. The maximum absolute atomic E-state index is 14.2. The van der Waals surface area contributed by atoms with E-state index >= 15 is 0 Å². The van der Waals surface area contributed by atoms with Gasteiger partial charge in [0.05, 0.1) is 6.10 Å². The molecule has 26 heavy (non-hydrogen) atoms. The first-order valence-corrected chi connectivity index (χ1v) is 8.57. The molecule has 3 atom stereocenters. The number of aliphatic hydroxyl groups is 1. The molecule has 142 valence electrons. The molecule has 1 amide bonds. The smallest absolute Gasteiger partial charge is 0.312 e. The van der Waals surface area contributed by atoms with Crippen molar-refractivity contribution < 1.29 is 18.7 Å². The summed E-state index contributed by atoms with van der Waals surface area (Å²) < 4.78 is 19.4. The van der Waals surface area contributed by atoms with Crippen LogP contribution in [0.1, 0.15) is 50.0 Å². The summed E-state index contributed by atoms with van der Waals surface area (Å²) in [7, 11) is 0. The Morgan fingerprint density at radius 2 is 2.00 bits per heavy atom. The molecule has 0 bridgehead atoms. The van der Waals surface area contributed by atoms with E-state index in [1.807, 2.05) is 30.3 Å². The molecule has 8 heteroatoms. The molecule has 0 spiro atoms. The molecule has 0 aliphatic carbocycles. The third-order valence-electron chi connectivity index (χ3n) is 4.45. The molecule has 1 heterocycles.